The van der Waals surface area contributed by atoms with E-state index in [9.17, 15) is 4.79 Å². The van der Waals surface area contributed by atoms with E-state index in [0.717, 1.165) is 15.6 Å². The predicted molar refractivity (Wildman–Crippen MR) is 92.4 cm³/mol. The summed E-state index contributed by atoms with van der Waals surface area (Å²) in [5, 5.41) is 0. The molecule has 0 aliphatic carbocycles. The first-order valence-electron chi connectivity index (χ1n) is 7.21. The highest BCUT2D eigenvalue weighted by Crippen LogP contribution is 2.29. The van der Waals surface area contributed by atoms with Crippen molar-refractivity contribution in [2.75, 3.05) is 14.2 Å². The van der Waals surface area contributed by atoms with E-state index in [4.69, 9.17) is 14.2 Å². The van der Waals surface area contributed by atoms with Crippen LogP contribution in [0.25, 0.3) is 0 Å². The average Bonchev–Trinajstić information content (AvgIpc) is 2.55. The molecule has 0 saturated carbocycles. The zero-order chi connectivity index (χ0) is 16.8. The molecule has 0 radical (unpaired) electrons. The number of carbonyl (C=O) groups excluding carboxylic acids is 1. The lowest BCUT2D eigenvalue weighted by Crippen LogP contribution is -2.09. The van der Waals surface area contributed by atoms with Gasteiger partial charge in [-0.25, -0.2) is 0 Å². The molecule has 0 aliphatic heterocycles. The average molecular weight is 379 g/mol. The van der Waals surface area contributed by atoms with Gasteiger partial charge in [-0.3, -0.25) is 4.79 Å². The Bertz CT molecular complexity index is 697. The summed E-state index contributed by atoms with van der Waals surface area (Å²) >= 11 is 3.40. The topological polar surface area (TPSA) is 44.8 Å². The van der Waals surface area contributed by atoms with E-state index in [-0.39, 0.29) is 12.4 Å². The molecule has 0 spiro atoms. The van der Waals surface area contributed by atoms with E-state index in [2.05, 4.69) is 15.9 Å². The Morgan fingerprint density at radius 3 is 2.35 bits per heavy atom. The third-order valence-electron chi connectivity index (χ3n) is 3.38. The first kappa shape index (κ1) is 17.3. The lowest BCUT2D eigenvalue weighted by Gasteiger charge is -2.10. The molecule has 0 N–H and O–H groups in total. The van der Waals surface area contributed by atoms with Gasteiger partial charge in [-0.05, 0) is 64.7 Å². The normalized spacial score (nSPS) is 10.3. The van der Waals surface area contributed by atoms with Gasteiger partial charge in [-0.2, -0.15) is 0 Å². The van der Waals surface area contributed by atoms with Gasteiger partial charge in [-0.15, -0.1) is 0 Å². The van der Waals surface area contributed by atoms with Crippen molar-refractivity contribution in [3.05, 3.63) is 52.0 Å². The monoisotopic (exact) mass is 378 g/mol. The maximum Gasteiger partial charge on any atom is 0.311 e. The molecule has 122 valence electrons. The third-order valence-corrected chi connectivity index (χ3v) is 4.00. The summed E-state index contributed by atoms with van der Waals surface area (Å²) in [7, 11) is 3.18. The molecule has 0 unspecified atom stereocenters. The number of esters is 1. The van der Waals surface area contributed by atoms with Crippen molar-refractivity contribution in [1.82, 2.24) is 0 Å². The van der Waals surface area contributed by atoms with Crippen LogP contribution in [-0.4, -0.2) is 20.2 Å². The second kappa shape index (κ2) is 8.02. The van der Waals surface area contributed by atoms with Crippen molar-refractivity contribution in [3.8, 4) is 17.2 Å². The summed E-state index contributed by atoms with van der Waals surface area (Å²) in [5.41, 5.74) is 2.09. The van der Waals surface area contributed by atoms with Gasteiger partial charge in [0.15, 0.2) is 11.5 Å². The molecule has 23 heavy (non-hydrogen) atoms. The van der Waals surface area contributed by atoms with Crippen LogP contribution in [0.2, 0.25) is 0 Å². The molecule has 0 fully saturated rings. The van der Waals surface area contributed by atoms with E-state index in [1.165, 1.54) is 0 Å². The zero-order valence-corrected chi connectivity index (χ0v) is 15.0. The summed E-state index contributed by atoms with van der Waals surface area (Å²) in [6.45, 7) is 1.98. The Balaban J connectivity index is 1.96. The van der Waals surface area contributed by atoms with Gasteiger partial charge in [0.2, 0.25) is 0 Å². The largest absolute Gasteiger partial charge is 0.493 e. The van der Waals surface area contributed by atoms with Gasteiger partial charge in [-0.1, -0.05) is 12.1 Å². The van der Waals surface area contributed by atoms with Gasteiger partial charge in [0.05, 0.1) is 18.7 Å². The number of ether oxygens (including phenoxy) is 3. The highest BCUT2D eigenvalue weighted by molar-refractivity contribution is 9.10. The van der Waals surface area contributed by atoms with Crippen LogP contribution in [-0.2, 0) is 11.2 Å². The third kappa shape index (κ3) is 4.73. The molecular formula is C18H19BrO4. The van der Waals surface area contributed by atoms with E-state index < -0.39 is 0 Å². The van der Waals surface area contributed by atoms with Crippen LogP contribution < -0.4 is 14.2 Å². The quantitative estimate of drug-likeness (QED) is 0.554. The van der Waals surface area contributed by atoms with E-state index in [1.54, 1.807) is 20.3 Å². The van der Waals surface area contributed by atoms with Gasteiger partial charge in [0, 0.05) is 6.42 Å². The van der Waals surface area contributed by atoms with Crippen LogP contribution >= 0.6 is 15.9 Å². The fourth-order valence-electron chi connectivity index (χ4n) is 2.14. The molecule has 0 aliphatic rings. The fourth-order valence-corrected chi connectivity index (χ4v) is 2.72. The molecular weight excluding hydrogens is 360 g/mol. The molecule has 0 bridgehead atoms. The summed E-state index contributed by atoms with van der Waals surface area (Å²) in [6.07, 6.45) is 0.860. The van der Waals surface area contributed by atoms with Crippen molar-refractivity contribution in [2.45, 2.75) is 19.8 Å². The summed E-state index contributed by atoms with van der Waals surface area (Å²) in [4.78, 5) is 12.0. The Hall–Kier alpha value is -2.01. The molecule has 2 aromatic rings. The predicted octanol–water partition coefficient (Wildman–Crippen LogP) is 4.31. The smallest absolute Gasteiger partial charge is 0.311 e. The highest BCUT2D eigenvalue weighted by Gasteiger charge is 2.10. The van der Waals surface area contributed by atoms with Crippen molar-refractivity contribution >= 4 is 21.9 Å². The molecule has 5 heteroatoms. The number of halogens is 1. The Morgan fingerprint density at radius 2 is 1.70 bits per heavy atom. The number of rotatable bonds is 6. The molecule has 2 rings (SSSR count). The van der Waals surface area contributed by atoms with E-state index >= 15 is 0 Å². The Labute approximate surface area is 144 Å². The van der Waals surface area contributed by atoms with Crippen LogP contribution in [0.15, 0.2) is 40.9 Å². The minimum absolute atomic E-state index is 0.274. The molecule has 0 heterocycles. The van der Waals surface area contributed by atoms with Gasteiger partial charge < -0.3 is 14.2 Å². The number of hydrogen-bond donors (Lipinski definition) is 0. The molecule has 2 aromatic carbocycles. The van der Waals surface area contributed by atoms with Crippen LogP contribution in [0.4, 0.5) is 0 Å². The first-order chi connectivity index (χ1) is 11.0. The molecule has 0 aromatic heterocycles. The number of hydrogen-bond acceptors (Lipinski definition) is 4. The van der Waals surface area contributed by atoms with E-state index in [1.807, 2.05) is 37.3 Å². The number of carbonyl (C=O) groups is 1. The van der Waals surface area contributed by atoms with Crippen LogP contribution in [0, 0.1) is 6.92 Å². The SMILES string of the molecule is COc1ccc(CCC(=O)Oc2ccc(C)cc2Br)cc1OC. The number of aryl methyl sites for hydroxylation is 2. The van der Waals surface area contributed by atoms with Crippen LogP contribution in [0.1, 0.15) is 17.5 Å². The lowest BCUT2D eigenvalue weighted by molar-refractivity contribution is -0.134. The first-order valence-corrected chi connectivity index (χ1v) is 8.00. The molecule has 0 atom stereocenters. The van der Waals surface area contributed by atoms with Crippen LogP contribution in [0.3, 0.4) is 0 Å². The lowest BCUT2D eigenvalue weighted by atomic mass is 10.1. The molecule has 4 nitrogen and oxygen atoms in total. The second-order valence-electron chi connectivity index (χ2n) is 5.10. The fraction of sp³-hybridized carbons (Fsp3) is 0.278. The maximum atomic E-state index is 12.0. The molecule has 0 amide bonds. The van der Waals surface area contributed by atoms with Crippen molar-refractivity contribution in [2.24, 2.45) is 0 Å². The summed E-state index contributed by atoms with van der Waals surface area (Å²) in [6, 6.07) is 11.2. The highest BCUT2D eigenvalue weighted by atomic mass is 79.9. The molecule has 0 saturated heterocycles. The van der Waals surface area contributed by atoms with Gasteiger partial charge in [0.25, 0.3) is 0 Å². The Morgan fingerprint density at radius 1 is 1.00 bits per heavy atom. The van der Waals surface area contributed by atoms with Crippen molar-refractivity contribution < 1.29 is 19.0 Å². The maximum absolute atomic E-state index is 12.0. The summed E-state index contributed by atoms with van der Waals surface area (Å²) in [5.74, 6) is 1.58. The van der Waals surface area contributed by atoms with E-state index in [0.29, 0.717) is 23.7 Å². The van der Waals surface area contributed by atoms with Crippen molar-refractivity contribution in [3.63, 3.8) is 0 Å². The minimum atomic E-state index is -0.274. The number of methoxy groups -OCH3 is 2. The zero-order valence-electron chi connectivity index (χ0n) is 13.4. The van der Waals surface area contributed by atoms with Gasteiger partial charge >= 0.3 is 5.97 Å². The number of benzene rings is 2. The Kier molecular flexibility index (Phi) is 6.04. The standard InChI is InChI=1S/C18H19BrO4/c1-12-4-7-15(14(19)10-12)23-18(20)9-6-13-5-8-16(21-2)17(11-13)22-3/h4-5,7-8,10-11H,6,9H2,1-3H3. The minimum Gasteiger partial charge on any atom is -0.493 e. The van der Waals surface area contributed by atoms with Crippen LogP contribution in [0.5, 0.6) is 17.2 Å². The van der Waals surface area contributed by atoms with Crippen molar-refractivity contribution in [1.29, 1.82) is 0 Å². The summed E-state index contributed by atoms with van der Waals surface area (Å²) < 4.78 is 16.6. The second-order valence-corrected chi connectivity index (χ2v) is 5.95. The van der Waals surface area contributed by atoms with Gasteiger partial charge in [0.1, 0.15) is 5.75 Å².